The Balaban J connectivity index is 1.95. The van der Waals surface area contributed by atoms with E-state index in [1.807, 2.05) is 94.1 Å². The number of carbonyl (C=O) groups excluding carboxylic acids is 2. The molecule has 0 aromatic rings. The Labute approximate surface area is 354 Å². The fraction of sp³-hybridized carbons (Fsp3) is 0.765. The fourth-order valence-corrected chi connectivity index (χ4v) is 17.3. The van der Waals surface area contributed by atoms with Crippen molar-refractivity contribution in [2.24, 2.45) is 0 Å². The molecule has 8 nitrogen and oxygen atoms in total. The highest BCUT2D eigenvalue weighted by atomic mass is 32.3. The summed E-state index contributed by atoms with van der Waals surface area (Å²) in [4.78, 5) is 22.4. The van der Waals surface area contributed by atoms with Crippen LogP contribution in [0, 0.1) is 0 Å². The molecular weight excluding hydrogens is 857 g/mol. The zero-order valence-electron chi connectivity index (χ0n) is 30.4. The lowest BCUT2D eigenvalue weighted by Crippen LogP contribution is -2.08. The van der Waals surface area contributed by atoms with Gasteiger partial charge in [-0.15, -0.1) is 47.0 Å². The van der Waals surface area contributed by atoms with Gasteiger partial charge in [0.05, 0.1) is 91.5 Å². The standard InChI is InChI=1S/C34H56O8S10/c1-27(37)43-21-7-3-5-9-23-45-29-30(46-24-10-6-4-8-22-44-28(2)38)50-33(49-29)34-51-31(47-25-19-41-17-15-39-13-11-35)32(52-34)48-26-20-42-18-16-40-14-12-36/h35-36H,3-26H2,1-2H3. The summed E-state index contributed by atoms with van der Waals surface area (Å²) in [5.41, 5.74) is 0. The zero-order valence-corrected chi connectivity index (χ0v) is 38.6. The highest BCUT2D eigenvalue weighted by Gasteiger charge is 2.31. The van der Waals surface area contributed by atoms with Crippen LogP contribution >= 0.6 is 118 Å². The molecule has 0 spiro atoms. The number of hydrogen-bond donors (Lipinski definition) is 2. The third-order valence-electron chi connectivity index (χ3n) is 6.53. The van der Waals surface area contributed by atoms with Gasteiger partial charge in [-0.05, 0) is 37.2 Å². The van der Waals surface area contributed by atoms with Gasteiger partial charge in [0, 0.05) is 36.9 Å². The summed E-state index contributed by atoms with van der Waals surface area (Å²) in [6, 6.07) is 0. The third-order valence-corrected chi connectivity index (χ3v) is 20.0. The van der Waals surface area contributed by atoms with Gasteiger partial charge in [-0.25, -0.2) is 0 Å². The maximum Gasteiger partial charge on any atom is 0.185 e. The topological polar surface area (TPSA) is 112 Å². The van der Waals surface area contributed by atoms with Crippen molar-refractivity contribution in [3.63, 3.8) is 0 Å². The Bertz CT molecular complexity index is 1010. The molecule has 18 heteroatoms. The molecule has 0 amide bonds. The lowest BCUT2D eigenvalue weighted by molar-refractivity contribution is -0.109. The van der Waals surface area contributed by atoms with Gasteiger partial charge in [-0.2, -0.15) is 0 Å². The van der Waals surface area contributed by atoms with E-state index in [1.165, 1.54) is 87.5 Å². The summed E-state index contributed by atoms with van der Waals surface area (Å²) in [6.45, 7) is 7.33. The van der Waals surface area contributed by atoms with Gasteiger partial charge in [0.1, 0.15) is 0 Å². The van der Waals surface area contributed by atoms with E-state index in [0.29, 0.717) is 52.9 Å². The van der Waals surface area contributed by atoms with Gasteiger partial charge in [0.15, 0.2) is 10.2 Å². The minimum Gasteiger partial charge on any atom is -0.394 e. The van der Waals surface area contributed by atoms with E-state index >= 15 is 0 Å². The molecule has 2 aliphatic rings. The molecule has 52 heavy (non-hydrogen) atoms. The van der Waals surface area contributed by atoms with Crippen molar-refractivity contribution in [3.05, 3.63) is 25.4 Å². The normalized spacial score (nSPS) is 14.8. The van der Waals surface area contributed by atoms with Crippen molar-refractivity contribution in [2.45, 2.75) is 65.2 Å². The van der Waals surface area contributed by atoms with Crippen LogP contribution in [0.25, 0.3) is 0 Å². The molecule has 2 N–H and O–H groups in total. The van der Waals surface area contributed by atoms with Crippen LogP contribution in [0.3, 0.4) is 0 Å². The first-order chi connectivity index (χ1) is 25.4. The van der Waals surface area contributed by atoms with Gasteiger partial charge in [0.25, 0.3) is 0 Å². The molecule has 0 aromatic carbocycles. The van der Waals surface area contributed by atoms with Gasteiger partial charge >= 0.3 is 0 Å². The molecule has 2 aliphatic heterocycles. The van der Waals surface area contributed by atoms with Crippen molar-refractivity contribution in [2.75, 3.05) is 101 Å². The first kappa shape index (κ1) is 50.0. The van der Waals surface area contributed by atoms with Crippen molar-refractivity contribution in [3.8, 4) is 0 Å². The molecule has 2 rings (SSSR count). The summed E-state index contributed by atoms with van der Waals surface area (Å²) in [6.07, 6.45) is 9.32. The smallest absolute Gasteiger partial charge is 0.185 e. The Morgan fingerprint density at radius 1 is 0.442 bits per heavy atom. The van der Waals surface area contributed by atoms with Gasteiger partial charge in [-0.1, -0.05) is 96.3 Å². The average molecular weight is 913 g/mol. The summed E-state index contributed by atoms with van der Waals surface area (Å²) >= 11 is 18.2. The van der Waals surface area contributed by atoms with E-state index < -0.39 is 0 Å². The van der Waals surface area contributed by atoms with E-state index in [-0.39, 0.29) is 23.4 Å². The maximum atomic E-state index is 11.2. The largest absolute Gasteiger partial charge is 0.394 e. The molecule has 0 aromatic heterocycles. The minimum atomic E-state index is 0.0267. The van der Waals surface area contributed by atoms with Crippen LogP contribution in [0.4, 0.5) is 0 Å². The maximum absolute atomic E-state index is 11.2. The molecule has 0 saturated heterocycles. The molecule has 0 radical (unpaired) electrons. The van der Waals surface area contributed by atoms with Gasteiger partial charge in [-0.3, -0.25) is 9.59 Å². The summed E-state index contributed by atoms with van der Waals surface area (Å²) in [5, 5.41) is 18.2. The highest BCUT2D eigenvalue weighted by Crippen LogP contribution is 2.66. The molecule has 2 heterocycles. The number of thioether (sulfide) groups is 10. The molecular formula is C34H56O8S10. The van der Waals surface area contributed by atoms with Crippen LogP contribution in [-0.2, 0) is 28.5 Å². The van der Waals surface area contributed by atoms with Crippen LogP contribution in [-0.4, -0.2) is 121 Å². The van der Waals surface area contributed by atoms with Crippen molar-refractivity contribution < 1.29 is 38.7 Å². The lowest BCUT2D eigenvalue weighted by atomic mass is 10.2. The SMILES string of the molecule is CC(=O)SCCCCCCSC1=C(SCCCCCCSC(C)=O)SC(=C2SC(SCCOCCOCCO)=C(SCCOCCOCCO)S2)S1. The Kier molecular flexibility index (Phi) is 33.5. The van der Waals surface area contributed by atoms with E-state index in [1.54, 1.807) is 13.8 Å². The second-order valence-electron chi connectivity index (χ2n) is 10.9. The third kappa shape index (κ3) is 25.9. The highest BCUT2D eigenvalue weighted by molar-refractivity contribution is 8.45. The molecule has 0 bridgehead atoms. The second-order valence-corrected chi connectivity index (χ2v) is 23.5. The number of aliphatic hydroxyl groups excluding tert-OH is 2. The first-order valence-corrected chi connectivity index (χ1v) is 26.9. The van der Waals surface area contributed by atoms with Crippen molar-refractivity contribution >= 4 is 128 Å². The van der Waals surface area contributed by atoms with Crippen LogP contribution in [0.2, 0.25) is 0 Å². The monoisotopic (exact) mass is 912 g/mol. The molecule has 0 fully saturated rings. The number of aliphatic hydroxyl groups is 2. The molecule has 0 unspecified atom stereocenters. The van der Waals surface area contributed by atoms with Crippen LogP contribution < -0.4 is 0 Å². The van der Waals surface area contributed by atoms with Gasteiger partial charge in [0.2, 0.25) is 0 Å². The number of ether oxygens (including phenoxy) is 4. The lowest BCUT2D eigenvalue weighted by Gasteiger charge is -2.07. The van der Waals surface area contributed by atoms with Crippen LogP contribution in [0.15, 0.2) is 25.4 Å². The van der Waals surface area contributed by atoms with Crippen LogP contribution in [0.5, 0.6) is 0 Å². The number of carbonyl (C=O) groups is 2. The Morgan fingerprint density at radius 3 is 1.08 bits per heavy atom. The predicted molar refractivity (Wildman–Crippen MR) is 242 cm³/mol. The van der Waals surface area contributed by atoms with Crippen molar-refractivity contribution in [1.29, 1.82) is 0 Å². The van der Waals surface area contributed by atoms with E-state index in [9.17, 15) is 9.59 Å². The molecule has 0 aliphatic carbocycles. The molecule has 300 valence electrons. The number of hydrogen-bond acceptors (Lipinski definition) is 18. The minimum absolute atomic E-state index is 0.0267. The summed E-state index contributed by atoms with van der Waals surface area (Å²) in [5.74, 6) is 5.79. The Morgan fingerprint density at radius 2 is 0.750 bits per heavy atom. The van der Waals surface area contributed by atoms with E-state index in [4.69, 9.17) is 29.2 Å². The second kappa shape index (κ2) is 34.8. The quantitative estimate of drug-likeness (QED) is 0.0597. The average Bonchev–Trinajstić information content (AvgIpc) is 3.72. The van der Waals surface area contributed by atoms with Crippen LogP contribution in [0.1, 0.15) is 65.2 Å². The predicted octanol–water partition coefficient (Wildman–Crippen LogP) is 9.99. The van der Waals surface area contributed by atoms with Gasteiger partial charge < -0.3 is 29.2 Å². The summed E-state index contributed by atoms with van der Waals surface area (Å²) in [7, 11) is 0. The van der Waals surface area contributed by atoms with E-state index in [2.05, 4.69) is 0 Å². The molecule has 0 atom stereocenters. The zero-order chi connectivity index (χ0) is 37.5. The first-order valence-electron chi connectivity index (χ1n) is 17.7. The van der Waals surface area contributed by atoms with Crippen molar-refractivity contribution in [1.82, 2.24) is 0 Å². The fourth-order valence-electron chi connectivity index (χ4n) is 4.10. The number of rotatable bonds is 34. The Hall–Kier alpha value is 1.82. The number of unbranched alkanes of at least 4 members (excludes halogenated alkanes) is 6. The summed E-state index contributed by atoms with van der Waals surface area (Å²) < 4.78 is 30.4. The van der Waals surface area contributed by atoms with E-state index in [0.717, 1.165) is 47.4 Å². The molecule has 0 saturated carbocycles.